The van der Waals surface area contributed by atoms with Crippen molar-refractivity contribution in [2.24, 2.45) is 0 Å². The Labute approximate surface area is 204 Å². The van der Waals surface area contributed by atoms with Crippen molar-refractivity contribution in [1.29, 1.82) is 0 Å². The van der Waals surface area contributed by atoms with E-state index < -0.39 is 10.4 Å². The van der Waals surface area contributed by atoms with Crippen molar-refractivity contribution in [3.05, 3.63) is 30.3 Å². The van der Waals surface area contributed by atoms with Gasteiger partial charge in [0.2, 0.25) is 0 Å². The zero-order chi connectivity index (χ0) is 24.5. The van der Waals surface area contributed by atoms with E-state index in [-0.39, 0.29) is 6.61 Å². The Bertz CT molecular complexity index is 604. The third kappa shape index (κ3) is 27.0. The average Bonchev–Trinajstić information content (AvgIpc) is 2.80. The minimum Gasteiger partial charge on any atom is -0.494 e. The largest absolute Gasteiger partial charge is 0.494 e. The molecule has 0 heterocycles. The smallest absolute Gasteiger partial charge is 0.397 e. The summed E-state index contributed by atoms with van der Waals surface area (Å²) in [5.41, 5.74) is 0. The summed E-state index contributed by atoms with van der Waals surface area (Å²) in [4.78, 5) is 0. The number of para-hydroxylation sites is 1. The summed E-state index contributed by atoms with van der Waals surface area (Å²) in [6.07, 6.45) is 21.2. The van der Waals surface area contributed by atoms with Gasteiger partial charge in [0.05, 0.1) is 13.2 Å². The topological polar surface area (TPSA) is 72.8 Å². The van der Waals surface area contributed by atoms with Crippen molar-refractivity contribution < 1.29 is 21.9 Å². The molecule has 1 aromatic rings. The van der Waals surface area contributed by atoms with Crippen LogP contribution >= 0.6 is 0 Å². The van der Waals surface area contributed by atoms with Gasteiger partial charge in [-0.05, 0) is 25.0 Å². The Morgan fingerprint density at radius 3 is 1.42 bits per heavy atom. The van der Waals surface area contributed by atoms with Crippen LogP contribution in [0, 0.1) is 0 Å². The zero-order valence-electron chi connectivity index (χ0n) is 21.3. The predicted octanol–water partition coefficient (Wildman–Crippen LogP) is 8.54. The van der Waals surface area contributed by atoms with Crippen LogP contribution in [0.5, 0.6) is 5.75 Å². The van der Waals surface area contributed by atoms with Crippen molar-refractivity contribution in [2.45, 2.75) is 123 Å². The van der Waals surface area contributed by atoms with E-state index in [0.717, 1.165) is 25.2 Å². The zero-order valence-corrected chi connectivity index (χ0v) is 22.1. The lowest BCUT2D eigenvalue weighted by molar-refractivity contribution is 0.261. The first kappa shape index (κ1) is 31.9. The van der Waals surface area contributed by atoms with E-state index in [1.807, 2.05) is 30.3 Å². The van der Waals surface area contributed by atoms with Gasteiger partial charge in [-0.25, -0.2) is 4.18 Å². The first-order valence-corrected chi connectivity index (χ1v) is 14.7. The lowest BCUT2D eigenvalue weighted by Crippen LogP contribution is -2.04. The molecule has 6 heteroatoms. The summed E-state index contributed by atoms with van der Waals surface area (Å²) in [5.74, 6) is 0.994. The molecule has 0 radical (unpaired) electrons. The van der Waals surface area contributed by atoms with Gasteiger partial charge in [0, 0.05) is 0 Å². The van der Waals surface area contributed by atoms with Crippen molar-refractivity contribution >= 4 is 10.4 Å². The van der Waals surface area contributed by atoms with Crippen LogP contribution in [0.1, 0.15) is 123 Å². The summed E-state index contributed by atoms with van der Waals surface area (Å²) in [5, 5.41) is 0. The Morgan fingerprint density at radius 2 is 1.00 bits per heavy atom. The number of hydrogen-bond donors (Lipinski definition) is 1. The van der Waals surface area contributed by atoms with Crippen LogP contribution in [-0.4, -0.2) is 26.2 Å². The van der Waals surface area contributed by atoms with Crippen molar-refractivity contribution in [2.75, 3.05) is 13.2 Å². The Kier molecular flexibility index (Phi) is 23.2. The quantitative estimate of drug-likeness (QED) is 0.139. The van der Waals surface area contributed by atoms with Gasteiger partial charge < -0.3 is 4.74 Å². The van der Waals surface area contributed by atoms with Crippen LogP contribution in [0.15, 0.2) is 30.3 Å². The van der Waals surface area contributed by atoms with Gasteiger partial charge in [-0.2, -0.15) is 8.42 Å². The SMILES string of the molecule is CCCCCCCCCCCCOS(=O)(=O)O.CCCCCCCCCOc1ccccc1. The molecule has 0 fully saturated rings. The number of rotatable bonds is 21. The molecule has 0 aromatic heterocycles. The second-order valence-corrected chi connectivity index (χ2v) is 9.81. The standard InChI is InChI=1S/C15H24O.C12H26O4S/c1-2-3-4-5-6-7-11-14-16-15-12-9-8-10-13-15;1-2-3-4-5-6-7-8-9-10-11-12-16-17(13,14)15/h8-10,12-13H,2-7,11,14H2,1H3;2-12H2,1H3,(H,13,14,15). The van der Waals surface area contributed by atoms with E-state index in [0.29, 0.717) is 6.42 Å². The molecule has 0 aliphatic carbocycles. The normalized spacial score (nSPS) is 11.1. The van der Waals surface area contributed by atoms with E-state index in [1.165, 1.54) is 89.9 Å². The monoisotopic (exact) mass is 486 g/mol. The number of ether oxygens (including phenoxy) is 1. The maximum atomic E-state index is 10.2. The highest BCUT2D eigenvalue weighted by Crippen LogP contribution is 2.12. The summed E-state index contributed by atoms with van der Waals surface area (Å²) in [7, 11) is -4.23. The molecule has 0 aliphatic rings. The molecule has 0 saturated carbocycles. The molecule has 0 spiro atoms. The van der Waals surface area contributed by atoms with Crippen LogP contribution < -0.4 is 4.74 Å². The van der Waals surface area contributed by atoms with Crippen LogP contribution in [0.4, 0.5) is 0 Å². The molecule has 1 aromatic carbocycles. The van der Waals surface area contributed by atoms with E-state index in [2.05, 4.69) is 18.0 Å². The van der Waals surface area contributed by atoms with Crippen LogP contribution in [-0.2, 0) is 14.6 Å². The van der Waals surface area contributed by atoms with Crippen molar-refractivity contribution in [1.82, 2.24) is 0 Å². The van der Waals surface area contributed by atoms with Gasteiger partial charge in [-0.3, -0.25) is 4.55 Å². The van der Waals surface area contributed by atoms with E-state index in [9.17, 15) is 8.42 Å². The van der Waals surface area contributed by atoms with Gasteiger partial charge in [0.15, 0.2) is 0 Å². The van der Waals surface area contributed by atoms with Crippen molar-refractivity contribution in [3.63, 3.8) is 0 Å². The van der Waals surface area contributed by atoms with Crippen LogP contribution in [0.3, 0.4) is 0 Å². The molecule has 0 saturated heterocycles. The Hall–Kier alpha value is -1.11. The third-order valence-corrected chi connectivity index (χ3v) is 5.95. The molecule has 5 nitrogen and oxygen atoms in total. The van der Waals surface area contributed by atoms with E-state index in [4.69, 9.17) is 9.29 Å². The molecule has 0 bridgehead atoms. The second-order valence-electron chi connectivity index (χ2n) is 8.71. The van der Waals surface area contributed by atoms with Crippen molar-refractivity contribution in [3.8, 4) is 5.75 Å². The second kappa shape index (κ2) is 24.0. The molecule has 194 valence electrons. The molecular formula is C27H50O5S. The Balaban J connectivity index is 0.000000621. The lowest BCUT2D eigenvalue weighted by atomic mass is 10.1. The van der Waals surface area contributed by atoms with Gasteiger partial charge >= 0.3 is 10.4 Å². The highest BCUT2D eigenvalue weighted by molar-refractivity contribution is 7.80. The fraction of sp³-hybridized carbons (Fsp3) is 0.778. The molecular weight excluding hydrogens is 436 g/mol. The minimum absolute atomic E-state index is 0.0926. The Morgan fingerprint density at radius 1 is 0.606 bits per heavy atom. The fourth-order valence-electron chi connectivity index (χ4n) is 3.52. The molecule has 0 atom stereocenters. The van der Waals surface area contributed by atoms with Crippen LogP contribution in [0.25, 0.3) is 0 Å². The summed E-state index contributed by atoms with van der Waals surface area (Å²) >= 11 is 0. The number of unbranched alkanes of at least 4 members (excludes halogenated alkanes) is 15. The minimum atomic E-state index is -4.23. The highest BCUT2D eigenvalue weighted by atomic mass is 32.3. The first-order chi connectivity index (χ1) is 16.0. The first-order valence-electron chi connectivity index (χ1n) is 13.3. The summed E-state index contributed by atoms with van der Waals surface area (Å²) in [6.45, 7) is 5.43. The number of benzene rings is 1. The maximum Gasteiger partial charge on any atom is 0.397 e. The van der Waals surface area contributed by atoms with Gasteiger partial charge in [0.25, 0.3) is 0 Å². The number of hydrogen-bond acceptors (Lipinski definition) is 4. The lowest BCUT2D eigenvalue weighted by Gasteiger charge is -2.05. The van der Waals surface area contributed by atoms with Gasteiger partial charge in [-0.1, -0.05) is 128 Å². The molecule has 0 aliphatic heterocycles. The summed E-state index contributed by atoms with van der Waals surface area (Å²) < 4.78 is 38.6. The predicted molar refractivity (Wildman–Crippen MR) is 139 cm³/mol. The molecule has 1 rings (SSSR count). The van der Waals surface area contributed by atoms with E-state index in [1.54, 1.807) is 0 Å². The highest BCUT2D eigenvalue weighted by Gasteiger charge is 2.02. The third-order valence-electron chi connectivity index (χ3n) is 5.49. The van der Waals surface area contributed by atoms with E-state index >= 15 is 0 Å². The summed E-state index contributed by atoms with van der Waals surface area (Å²) in [6, 6.07) is 10.1. The van der Waals surface area contributed by atoms with Crippen LogP contribution in [0.2, 0.25) is 0 Å². The fourth-order valence-corrected chi connectivity index (χ4v) is 3.85. The molecule has 0 unspecified atom stereocenters. The van der Waals surface area contributed by atoms with Gasteiger partial charge in [0.1, 0.15) is 5.75 Å². The molecule has 33 heavy (non-hydrogen) atoms. The molecule has 0 amide bonds. The molecule has 1 N–H and O–H groups in total. The maximum absolute atomic E-state index is 10.2. The van der Waals surface area contributed by atoms with Gasteiger partial charge in [-0.15, -0.1) is 0 Å². The average molecular weight is 487 g/mol.